The minimum Gasteiger partial charge on any atom is -0.318 e. The fraction of sp³-hybridized carbons (Fsp3) is 0.125. The van der Waals surface area contributed by atoms with Crippen molar-refractivity contribution in [1.29, 1.82) is 0 Å². The molecule has 3 aromatic rings. The molecular weight excluding hydrogens is 304 g/mol. The molecule has 0 saturated heterocycles. The van der Waals surface area contributed by atoms with Gasteiger partial charge in [-0.15, -0.1) is 0 Å². The molecule has 3 nitrogen and oxygen atoms in total. The SMILES string of the molecule is Cc1ccc(C(=O)N=c2sc3cccc(Cl)c3n2C)cc1. The Hall–Kier alpha value is -1.91. The maximum absolute atomic E-state index is 12.2. The molecule has 2 aromatic carbocycles. The van der Waals surface area contributed by atoms with E-state index in [1.807, 2.05) is 48.9 Å². The van der Waals surface area contributed by atoms with Crippen LogP contribution in [-0.4, -0.2) is 10.5 Å². The zero-order chi connectivity index (χ0) is 15.0. The van der Waals surface area contributed by atoms with Gasteiger partial charge in [0.2, 0.25) is 0 Å². The molecule has 0 spiro atoms. The molecule has 106 valence electrons. The number of aryl methyl sites for hydroxylation is 2. The Morgan fingerprint density at radius 3 is 2.57 bits per heavy atom. The average molecular weight is 317 g/mol. The Bertz CT molecular complexity index is 891. The molecule has 0 unspecified atom stereocenters. The Morgan fingerprint density at radius 1 is 1.19 bits per heavy atom. The van der Waals surface area contributed by atoms with Gasteiger partial charge in [0.15, 0.2) is 4.80 Å². The first-order valence-electron chi connectivity index (χ1n) is 6.46. The van der Waals surface area contributed by atoms with Gasteiger partial charge in [0.1, 0.15) is 0 Å². The summed E-state index contributed by atoms with van der Waals surface area (Å²) in [4.78, 5) is 17.1. The second-order valence-corrected chi connectivity index (χ2v) is 6.23. The van der Waals surface area contributed by atoms with Gasteiger partial charge in [0.05, 0.1) is 15.2 Å². The van der Waals surface area contributed by atoms with Crippen LogP contribution in [0.25, 0.3) is 10.2 Å². The summed E-state index contributed by atoms with van der Waals surface area (Å²) in [5.41, 5.74) is 2.61. The number of halogens is 1. The highest BCUT2D eigenvalue weighted by Gasteiger charge is 2.08. The van der Waals surface area contributed by atoms with Gasteiger partial charge in [-0.25, -0.2) is 0 Å². The van der Waals surface area contributed by atoms with Crippen molar-refractivity contribution in [1.82, 2.24) is 4.57 Å². The number of hydrogen-bond acceptors (Lipinski definition) is 2. The van der Waals surface area contributed by atoms with Gasteiger partial charge in [0, 0.05) is 12.6 Å². The number of amides is 1. The molecule has 1 aromatic heterocycles. The number of carbonyl (C=O) groups is 1. The van der Waals surface area contributed by atoms with Gasteiger partial charge in [-0.2, -0.15) is 4.99 Å². The van der Waals surface area contributed by atoms with Crippen LogP contribution in [0.3, 0.4) is 0 Å². The molecule has 0 atom stereocenters. The van der Waals surface area contributed by atoms with Crippen LogP contribution < -0.4 is 4.80 Å². The van der Waals surface area contributed by atoms with Crippen molar-refractivity contribution in [2.45, 2.75) is 6.92 Å². The van der Waals surface area contributed by atoms with E-state index in [1.54, 1.807) is 12.1 Å². The van der Waals surface area contributed by atoms with E-state index in [0.29, 0.717) is 15.4 Å². The molecule has 0 saturated carbocycles. The highest BCUT2D eigenvalue weighted by atomic mass is 35.5. The molecule has 5 heteroatoms. The highest BCUT2D eigenvalue weighted by molar-refractivity contribution is 7.16. The number of para-hydroxylation sites is 1. The predicted octanol–water partition coefficient (Wildman–Crippen LogP) is 3.94. The fourth-order valence-electron chi connectivity index (χ4n) is 2.11. The number of thiazole rings is 1. The van der Waals surface area contributed by atoms with E-state index in [0.717, 1.165) is 15.8 Å². The first-order chi connectivity index (χ1) is 10.1. The van der Waals surface area contributed by atoms with E-state index >= 15 is 0 Å². The minimum atomic E-state index is -0.242. The molecule has 3 rings (SSSR count). The largest absolute Gasteiger partial charge is 0.318 e. The molecule has 21 heavy (non-hydrogen) atoms. The molecule has 0 aliphatic rings. The summed E-state index contributed by atoms with van der Waals surface area (Å²) in [5, 5.41) is 0.662. The summed E-state index contributed by atoms with van der Waals surface area (Å²) in [6.07, 6.45) is 0. The smallest absolute Gasteiger partial charge is 0.279 e. The molecule has 0 bridgehead atoms. The lowest BCUT2D eigenvalue weighted by Gasteiger charge is -1.98. The summed E-state index contributed by atoms with van der Waals surface area (Å²) >= 11 is 7.66. The zero-order valence-electron chi connectivity index (χ0n) is 11.6. The van der Waals surface area contributed by atoms with Gasteiger partial charge in [-0.05, 0) is 31.2 Å². The maximum atomic E-state index is 12.2. The van der Waals surface area contributed by atoms with E-state index < -0.39 is 0 Å². The second kappa shape index (κ2) is 5.47. The number of rotatable bonds is 1. The first kappa shape index (κ1) is 14.0. The van der Waals surface area contributed by atoms with E-state index in [2.05, 4.69) is 4.99 Å². The van der Waals surface area contributed by atoms with E-state index in [4.69, 9.17) is 11.6 Å². The standard InChI is InChI=1S/C16H13ClN2OS/c1-10-6-8-11(9-7-10)15(20)18-16-19(2)14-12(17)4-3-5-13(14)21-16/h3-9H,1-2H3. The Kier molecular flexibility index (Phi) is 3.66. The number of aromatic nitrogens is 1. The van der Waals surface area contributed by atoms with Crippen molar-refractivity contribution in [3.8, 4) is 0 Å². The van der Waals surface area contributed by atoms with Gasteiger partial charge in [-0.1, -0.05) is 46.7 Å². The second-order valence-electron chi connectivity index (χ2n) is 4.81. The third-order valence-corrected chi connectivity index (χ3v) is 4.67. The zero-order valence-corrected chi connectivity index (χ0v) is 13.2. The summed E-state index contributed by atoms with van der Waals surface area (Å²) in [5.74, 6) is -0.242. The Labute approximate surface area is 131 Å². The van der Waals surface area contributed by atoms with Crippen molar-refractivity contribution < 1.29 is 4.79 Å². The molecule has 0 aliphatic carbocycles. The number of hydrogen-bond donors (Lipinski definition) is 0. The highest BCUT2D eigenvalue weighted by Crippen LogP contribution is 2.24. The molecule has 1 heterocycles. The van der Waals surface area contributed by atoms with Crippen LogP contribution in [0, 0.1) is 6.92 Å². The van der Waals surface area contributed by atoms with Crippen LogP contribution in [0.4, 0.5) is 0 Å². The number of fused-ring (bicyclic) bond motifs is 1. The lowest BCUT2D eigenvalue weighted by atomic mass is 10.1. The van der Waals surface area contributed by atoms with Crippen LogP contribution >= 0.6 is 22.9 Å². The molecule has 0 fully saturated rings. The lowest BCUT2D eigenvalue weighted by Crippen LogP contribution is -2.13. The lowest BCUT2D eigenvalue weighted by molar-refractivity contribution is 0.0998. The first-order valence-corrected chi connectivity index (χ1v) is 7.65. The van der Waals surface area contributed by atoms with Crippen molar-refractivity contribution in [2.24, 2.45) is 12.0 Å². The van der Waals surface area contributed by atoms with E-state index in [9.17, 15) is 4.79 Å². The van der Waals surface area contributed by atoms with Crippen molar-refractivity contribution >= 4 is 39.1 Å². The molecule has 0 N–H and O–H groups in total. The van der Waals surface area contributed by atoms with Crippen molar-refractivity contribution in [3.05, 3.63) is 63.4 Å². The average Bonchev–Trinajstić information content (AvgIpc) is 2.77. The van der Waals surface area contributed by atoms with Crippen molar-refractivity contribution in [3.63, 3.8) is 0 Å². The minimum absolute atomic E-state index is 0.242. The van der Waals surface area contributed by atoms with Crippen molar-refractivity contribution in [2.75, 3.05) is 0 Å². The maximum Gasteiger partial charge on any atom is 0.279 e. The molecule has 1 amide bonds. The Balaban J connectivity index is 2.11. The number of carbonyl (C=O) groups excluding carboxylic acids is 1. The monoisotopic (exact) mass is 316 g/mol. The molecule has 0 radical (unpaired) electrons. The predicted molar refractivity (Wildman–Crippen MR) is 86.9 cm³/mol. The van der Waals surface area contributed by atoms with Gasteiger partial charge >= 0.3 is 0 Å². The van der Waals surface area contributed by atoms with E-state index in [-0.39, 0.29) is 5.91 Å². The summed E-state index contributed by atoms with van der Waals surface area (Å²) in [6.45, 7) is 1.99. The fourth-order valence-corrected chi connectivity index (χ4v) is 3.51. The van der Waals surface area contributed by atoms with E-state index in [1.165, 1.54) is 11.3 Å². The molecule has 0 aliphatic heterocycles. The van der Waals surface area contributed by atoms with Crippen LogP contribution in [0.5, 0.6) is 0 Å². The summed E-state index contributed by atoms with van der Waals surface area (Å²) in [6, 6.07) is 13.1. The quantitative estimate of drug-likeness (QED) is 0.669. The van der Waals surface area contributed by atoms with Crippen LogP contribution in [0.15, 0.2) is 47.5 Å². The summed E-state index contributed by atoms with van der Waals surface area (Å²) < 4.78 is 2.87. The van der Waals surface area contributed by atoms with Crippen LogP contribution in [-0.2, 0) is 7.05 Å². The van der Waals surface area contributed by atoms with Crippen LogP contribution in [0.2, 0.25) is 5.02 Å². The van der Waals surface area contributed by atoms with Gasteiger partial charge in [0.25, 0.3) is 5.91 Å². The number of benzene rings is 2. The topological polar surface area (TPSA) is 34.4 Å². The molecular formula is C16H13ClN2OS. The van der Waals surface area contributed by atoms with Crippen LogP contribution in [0.1, 0.15) is 15.9 Å². The third-order valence-electron chi connectivity index (χ3n) is 3.27. The Morgan fingerprint density at radius 2 is 1.90 bits per heavy atom. The third kappa shape index (κ3) is 2.64. The van der Waals surface area contributed by atoms with Gasteiger partial charge < -0.3 is 4.57 Å². The van der Waals surface area contributed by atoms with Gasteiger partial charge in [-0.3, -0.25) is 4.79 Å². The number of nitrogens with zero attached hydrogens (tertiary/aromatic N) is 2. The summed E-state index contributed by atoms with van der Waals surface area (Å²) in [7, 11) is 1.87. The normalized spacial score (nSPS) is 12.0.